The van der Waals surface area contributed by atoms with Crippen LogP contribution >= 0.6 is 0 Å². The molecule has 252 valence electrons. The lowest BCUT2D eigenvalue weighted by atomic mass is 9.81. The first-order valence-electron chi connectivity index (χ1n) is 17.6. The number of carbonyl (C=O) groups excluding carboxylic acids is 6. The third-order valence-corrected chi connectivity index (χ3v) is 10.5. The van der Waals surface area contributed by atoms with Crippen LogP contribution in [0.5, 0.6) is 0 Å². The van der Waals surface area contributed by atoms with Crippen molar-refractivity contribution in [3.63, 3.8) is 0 Å². The summed E-state index contributed by atoms with van der Waals surface area (Å²) in [6.45, 7) is 4.35. The Balaban J connectivity index is 1.55. The van der Waals surface area contributed by atoms with E-state index in [4.69, 9.17) is 5.73 Å². The van der Waals surface area contributed by atoms with Gasteiger partial charge in [0.25, 0.3) is 5.91 Å². The van der Waals surface area contributed by atoms with Gasteiger partial charge in [0.05, 0.1) is 12.1 Å². The van der Waals surface area contributed by atoms with Crippen molar-refractivity contribution in [2.75, 3.05) is 6.54 Å². The average Bonchev–Trinajstić information content (AvgIpc) is 3.77. The maximum Gasteiger partial charge on any atom is 0.316 e. The second-order valence-corrected chi connectivity index (χ2v) is 14.2. The molecule has 2 saturated heterocycles. The number of hydrogen-bond donors (Lipinski definition) is 4. The van der Waals surface area contributed by atoms with Crippen molar-refractivity contribution >= 4 is 35.3 Å². The molecule has 5 amide bonds. The molecular formula is C34H55N5O6. The molecule has 0 unspecified atom stereocenters. The van der Waals surface area contributed by atoms with E-state index in [1.807, 2.05) is 13.8 Å². The van der Waals surface area contributed by atoms with Crippen LogP contribution in [-0.4, -0.2) is 70.9 Å². The zero-order valence-electron chi connectivity index (χ0n) is 27.3. The average molecular weight is 630 g/mol. The van der Waals surface area contributed by atoms with E-state index in [0.29, 0.717) is 32.2 Å². The quantitative estimate of drug-likeness (QED) is 0.300. The summed E-state index contributed by atoms with van der Waals surface area (Å²) < 4.78 is 0. The predicted molar refractivity (Wildman–Crippen MR) is 170 cm³/mol. The van der Waals surface area contributed by atoms with Crippen LogP contribution in [0.2, 0.25) is 0 Å². The van der Waals surface area contributed by atoms with E-state index in [2.05, 4.69) is 16.0 Å². The van der Waals surface area contributed by atoms with E-state index in [0.717, 1.165) is 83.5 Å². The highest BCUT2D eigenvalue weighted by molar-refractivity contribution is 6.37. The molecule has 2 heterocycles. The summed E-state index contributed by atoms with van der Waals surface area (Å²) in [4.78, 5) is 80.9. The van der Waals surface area contributed by atoms with Crippen LogP contribution in [0.1, 0.15) is 123 Å². The molecule has 0 aromatic heterocycles. The van der Waals surface area contributed by atoms with Gasteiger partial charge in [0.2, 0.25) is 17.6 Å². The molecule has 2 aliphatic heterocycles. The van der Waals surface area contributed by atoms with Gasteiger partial charge in [0.1, 0.15) is 12.1 Å². The fourth-order valence-electron chi connectivity index (χ4n) is 7.69. The molecule has 0 radical (unpaired) electrons. The third kappa shape index (κ3) is 9.51. The van der Waals surface area contributed by atoms with Crippen LogP contribution in [0.3, 0.4) is 0 Å². The van der Waals surface area contributed by atoms with Crippen LogP contribution in [0.25, 0.3) is 0 Å². The Labute approximate surface area is 267 Å². The smallest absolute Gasteiger partial charge is 0.316 e. The van der Waals surface area contributed by atoms with Gasteiger partial charge in [-0.05, 0) is 62.7 Å². The monoisotopic (exact) mass is 629 g/mol. The minimum absolute atomic E-state index is 0.0172. The van der Waals surface area contributed by atoms with Gasteiger partial charge in [-0.2, -0.15) is 0 Å². The number of primary amides is 1. The number of urea groups is 1. The lowest BCUT2D eigenvalue weighted by Gasteiger charge is -2.34. The third-order valence-electron chi connectivity index (χ3n) is 10.5. The molecule has 2 saturated carbocycles. The van der Waals surface area contributed by atoms with Crippen LogP contribution in [0, 0.1) is 23.7 Å². The summed E-state index contributed by atoms with van der Waals surface area (Å²) in [5.74, 6) is -2.56. The van der Waals surface area contributed by atoms with Crippen LogP contribution < -0.4 is 21.7 Å². The normalized spacial score (nSPS) is 28.6. The zero-order chi connectivity index (χ0) is 32.5. The minimum Gasteiger partial charge on any atom is -0.363 e. The van der Waals surface area contributed by atoms with Crippen LogP contribution in [-0.2, 0) is 24.0 Å². The van der Waals surface area contributed by atoms with Crippen molar-refractivity contribution in [3.05, 3.63) is 0 Å². The van der Waals surface area contributed by atoms with Gasteiger partial charge in [-0.1, -0.05) is 78.1 Å². The summed E-state index contributed by atoms with van der Waals surface area (Å²) in [6, 6.07) is -3.79. The van der Waals surface area contributed by atoms with Crippen molar-refractivity contribution in [1.29, 1.82) is 0 Å². The Kier molecular flexibility index (Phi) is 12.8. The van der Waals surface area contributed by atoms with E-state index >= 15 is 0 Å². The first-order chi connectivity index (χ1) is 21.6. The predicted octanol–water partition coefficient (Wildman–Crippen LogP) is 3.52. The van der Waals surface area contributed by atoms with Crippen molar-refractivity contribution in [2.45, 2.75) is 147 Å². The highest BCUT2D eigenvalue weighted by Gasteiger charge is 2.46. The maximum atomic E-state index is 14.2. The van der Waals surface area contributed by atoms with Crippen LogP contribution in [0.15, 0.2) is 0 Å². The molecule has 5 atom stereocenters. The zero-order valence-corrected chi connectivity index (χ0v) is 27.3. The fraction of sp³-hybridized carbons (Fsp3) is 0.824. The Morgan fingerprint density at radius 1 is 0.800 bits per heavy atom. The molecule has 4 aliphatic rings. The molecule has 4 rings (SSSR count). The van der Waals surface area contributed by atoms with Gasteiger partial charge < -0.3 is 26.6 Å². The molecule has 11 nitrogen and oxygen atoms in total. The largest absolute Gasteiger partial charge is 0.363 e. The number of hydrogen-bond acceptors (Lipinski definition) is 6. The molecule has 45 heavy (non-hydrogen) atoms. The van der Waals surface area contributed by atoms with Gasteiger partial charge >= 0.3 is 6.03 Å². The van der Waals surface area contributed by atoms with Gasteiger partial charge in [-0.3, -0.25) is 24.0 Å². The molecule has 4 fully saturated rings. The standard InChI is InChI=1S/C34H55N5O6/c1-21(2)24-19-20-39-28(24)32(43)36-25(30(41)31(35)42)15-11-6-4-3-5-7-12-16-26(33(39)44)37-34(45)38-27(29(40)23-17-18-23)22-13-9-8-10-14-22/h21-28H,3-20H2,1-2H3,(H2,35,42)(H,36,43)(H2,37,38,45)/t24-,25+,26+,27+,28+/m1/s1. The molecule has 5 N–H and O–H groups in total. The first kappa shape index (κ1) is 34.9. The SMILES string of the molecule is CC(C)[C@H]1CCN2C(=O)[C@@H](NC(=O)N[C@H](C(=O)C3CC3)C3CCCCC3)CCCCCCCCC[C@@H](C(=O)C(N)=O)NC(=O)[C@H]12. The van der Waals surface area contributed by atoms with Crippen molar-refractivity contribution in [2.24, 2.45) is 29.4 Å². The Hall–Kier alpha value is -2.98. The van der Waals surface area contributed by atoms with Gasteiger partial charge in [-0.25, -0.2) is 4.79 Å². The summed E-state index contributed by atoms with van der Waals surface area (Å²) >= 11 is 0. The molecule has 0 aromatic carbocycles. The van der Waals surface area contributed by atoms with E-state index < -0.39 is 47.8 Å². The molecule has 0 aromatic rings. The Morgan fingerprint density at radius 3 is 1.98 bits per heavy atom. The highest BCUT2D eigenvalue weighted by atomic mass is 16.2. The number of Topliss-reactive ketones (excluding diaryl/α,β-unsaturated/α-hetero) is 2. The molecular weight excluding hydrogens is 574 g/mol. The number of amides is 5. The van der Waals surface area contributed by atoms with Gasteiger partial charge in [-0.15, -0.1) is 0 Å². The van der Waals surface area contributed by atoms with Crippen molar-refractivity contribution in [1.82, 2.24) is 20.9 Å². The number of nitrogens with zero attached hydrogens (tertiary/aromatic N) is 1. The fourth-order valence-corrected chi connectivity index (χ4v) is 7.69. The number of carbonyl (C=O) groups is 6. The molecule has 0 bridgehead atoms. The minimum atomic E-state index is -1.09. The van der Waals surface area contributed by atoms with Crippen molar-refractivity contribution in [3.8, 4) is 0 Å². The first-order valence-corrected chi connectivity index (χ1v) is 17.6. The maximum absolute atomic E-state index is 14.2. The van der Waals surface area contributed by atoms with Gasteiger partial charge in [0.15, 0.2) is 5.78 Å². The van der Waals surface area contributed by atoms with E-state index in [1.165, 1.54) is 0 Å². The molecule has 11 heteroatoms. The topological polar surface area (TPSA) is 168 Å². The Morgan fingerprint density at radius 2 is 1.38 bits per heavy atom. The number of nitrogens with two attached hydrogens (primary N) is 1. The van der Waals surface area contributed by atoms with Crippen molar-refractivity contribution < 1.29 is 28.8 Å². The van der Waals surface area contributed by atoms with E-state index in [1.54, 1.807) is 4.90 Å². The van der Waals surface area contributed by atoms with E-state index in [9.17, 15) is 28.8 Å². The second-order valence-electron chi connectivity index (χ2n) is 14.2. The summed E-state index contributed by atoms with van der Waals surface area (Å²) in [6.07, 6.45) is 14.3. The number of fused-ring (bicyclic) bond motifs is 1. The number of rotatable bonds is 8. The Bertz CT molecular complexity index is 1080. The lowest BCUT2D eigenvalue weighted by Crippen LogP contribution is -2.59. The number of ketones is 2. The second kappa shape index (κ2) is 16.5. The molecule has 0 spiro atoms. The highest BCUT2D eigenvalue weighted by Crippen LogP contribution is 2.36. The van der Waals surface area contributed by atoms with E-state index in [-0.39, 0.29) is 35.4 Å². The summed E-state index contributed by atoms with van der Waals surface area (Å²) in [5, 5.41) is 8.70. The van der Waals surface area contributed by atoms with Gasteiger partial charge in [0, 0.05) is 12.5 Å². The summed E-state index contributed by atoms with van der Waals surface area (Å²) in [7, 11) is 0. The van der Waals surface area contributed by atoms with Crippen LogP contribution in [0.4, 0.5) is 4.79 Å². The lowest BCUT2D eigenvalue weighted by molar-refractivity contribution is -0.143. The number of nitrogens with one attached hydrogen (secondary N) is 3. The molecule has 2 aliphatic carbocycles. The summed E-state index contributed by atoms with van der Waals surface area (Å²) in [5.41, 5.74) is 5.33.